The van der Waals surface area contributed by atoms with Crippen molar-refractivity contribution in [1.82, 2.24) is 15.1 Å². The van der Waals surface area contributed by atoms with Gasteiger partial charge in [-0.25, -0.2) is 0 Å². The topological polar surface area (TPSA) is 76.0 Å². The average molecular weight is 363 g/mol. The molecule has 0 radical (unpaired) electrons. The van der Waals surface area contributed by atoms with Crippen LogP contribution in [0, 0.1) is 0 Å². The fourth-order valence-electron chi connectivity index (χ4n) is 2.00. The van der Waals surface area contributed by atoms with E-state index in [-0.39, 0.29) is 18.4 Å². The molecule has 0 bridgehead atoms. The van der Waals surface area contributed by atoms with Crippen LogP contribution in [0.4, 0.5) is 5.69 Å². The van der Waals surface area contributed by atoms with Gasteiger partial charge in [0.15, 0.2) is 0 Å². The molecular weight excluding hydrogens is 348 g/mol. The maximum absolute atomic E-state index is 12.1. The lowest BCUT2D eigenvalue weighted by molar-refractivity contribution is -0.122. The molecule has 0 atom stereocenters. The molecule has 1 aromatic carbocycles. The van der Waals surface area contributed by atoms with E-state index in [1.165, 1.54) is 10.9 Å². The normalized spacial score (nSPS) is 13.7. The summed E-state index contributed by atoms with van der Waals surface area (Å²) < 4.78 is 2.35. The molecule has 1 aromatic heterocycles. The van der Waals surface area contributed by atoms with E-state index in [0.29, 0.717) is 17.3 Å². The second-order valence-electron chi connectivity index (χ2n) is 5.23. The van der Waals surface area contributed by atoms with Crippen molar-refractivity contribution in [3.8, 4) is 0 Å². The van der Waals surface area contributed by atoms with Crippen molar-refractivity contribution in [2.24, 2.45) is 0 Å². The van der Waals surface area contributed by atoms with E-state index in [1.54, 1.807) is 24.4 Å². The molecule has 0 saturated heterocycles. The zero-order valence-corrected chi connectivity index (χ0v) is 13.3. The standard InChI is InChI=1S/C15H15BrN4O2/c16-11-3-1-2-10(6-11)15(22)19-13-7-17-20(8-13)9-14(21)18-12-4-5-12/h1-3,6-8,12H,4-5,9H2,(H,18,21)(H,19,22). The monoisotopic (exact) mass is 362 g/mol. The molecule has 6 nitrogen and oxygen atoms in total. The van der Waals surface area contributed by atoms with Gasteiger partial charge >= 0.3 is 0 Å². The number of benzene rings is 1. The van der Waals surface area contributed by atoms with Crippen LogP contribution in [0.3, 0.4) is 0 Å². The molecule has 1 heterocycles. The molecular formula is C15H15BrN4O2. The molecule has 3 rings (SSSR count). The lowest BCUT2D eigenvalue weighted by atomic mass is 10.2. The number of carbonyl (C=O) groups excluding carboxylic acids is 2. The Kier molecular flexibility index (Phi) is 4.24. The van der Waals surface area contributed by atoms with Crippen LogP contribution in [0.25, 0.3) is 0 Å². The van der Waals surface area contributed by atoms with Gasteiger partial charge in [-0.15, -0.1) is 0 Å². The number of nitrogens with zero attached hydrogens (tertiary/aromatic N) is 2. The van der Waals surface area contributed by atoms with Gasteiger partial charge in [-0.1, -0.05) is 22.0 Å². The molecule has 7 heteroatoms. The molecule has 0 spiro atoms. The van der Waals surface area contributed by atoms with Crippen molar-refractivity contribution in [2.45, 2.75) is 25.4 Å². The van der Waals surface area contributed by atoms with Crippen LogP contribution in [0.15, 0.2) is 41.1 Å². The van der Waals surface area contributed by atoms with Crippen molar-refractivity contribution in [3.05, 3.63) is 46.7 Å². The summed E-state index contributed by atoms with van der Waals surface area (Å²) >= 11 is 3.33. The van der Waals surface area contributed by atoms with Crippen LogP contribution < -0.4 is 10.6 Å². The van der Waals surface area contributed by atoms with Crippen molar-refractivity contribution in [2.75, 3.05) is 5.32 Å². The van der Waals surface area contributed by atoms with Gasteiger partial charge in [0.05, 0.1) is 11.9 Å². The van der Waals surface area contributed by atoms with E-state index in [1.807, 2.05) is 6.07 Å². The zero-order chi connectivity index (χ0) is 15.5. The first-order chi connectivity index (χ1) is 10.6. The number of hydrogen-bond acceptors (Lipinski definition) is 3. The number of nitrogens with one attached hydrogen (secondary N) is 2. The molecule has 0 aliphatic heterocycles. The Morgan fingerprint density at radius 3 is 2.91 bits per heavy atom. The van der Waals surface area contributed by atoms with Crippen LogP contribution in [0.1, 0.15) is 23.2 Å². The number of amides is 2. The van der Waals surface area contributed by atoms with E-state index in [2.05, 4.69) is 31.7 Å². The van der Waals surface area contributed by atoms with Gasteiger partial charge in [-0.3, -0.25) is 14.3 Å². The Hall–Kier alpha value is -2.15. The predicted molar refractivity (Wildman–Crippen MR) is 85.5 cm³/mol. The first-order valence-electron chi connectivity index (χ1n) is 6.99. The Bertz CT molecular complexity index is 709. The maximum Gasteiger partial charge on any atom is 0.255 e. The highest BCUT2D eigenvalue weighted by Crippen LogP contribution is 2.18. The van der Waals surface area contributed by atoms with E-state index in [4.69, 9.17) is 0 Å². The fraction of sp³-hybridized carbons (Fsp3) is 0.267. The second kappa shape index (κ2) is 6.31. The van der Waals surface area contributed by atoms with E-state index >= 15 is 0 Å². The Morgan fingerprint density at radius 1 is 1.36 bits per heavy atom. The molecule has 1 aliphatic rings. The predicted octanol–water partition coefficient (Wildman–Crippen LogP) is 2.18. The van der Waals surface area contributed by atoms with E-state index < -0.39 is 0 Å². The molecule has 22 heavy (non-hydrogen) atoms. The van der Waals surface area contributed by atoms with Crippen LogP contribution in [-0.4, -0.2) is 27.6 Å². The molecule has 0 unspecified atom stereocenters. The van der Waals surface area contributed by atoms with Crippen LogP contribution in [-0.2, 0) is 11.3 Å². The quantitative estimate of drug-likeness (QED) is 0.855. The highest BCUT2D eigenvalue weighted by atomic mass is 79.9. The summed E-state index contributed by atoms with van der Waals surface area (Å²) in [5, 5.41) is 9.73. The lowest BCUT2D eigenvalue weighted by Gasteiger charge is -2.04. The molecule has 2 aromatic rings. The summed E-state index contributed by atoms with van der Waals surface area (Å²) in [6, 6.07) is 7.45. The summed E-state index contributed by atoms with van der Waals surface area (Å²) in [5.74, 6) is -0.279. The smallest absolute Gasteiger partial charge is 0.255 e. The first-order valence-corrected chi connectivity index (χ1v) is 7.78. The molecule has 1 saturated carbocycles. The Morgan fingerprint density at radius 2 is 2.18 bits per heavy atom. The minimum Gasteiger partial charge on any atom is -0.352 e. The van der Waals surface area contributed by atoms with Gasteiger partial charge in [0.2, 0.25) is 5.91 Å². The molecule has 114 valence electrons. The van der Waals surface area contributed by atoms with Crippen molar-refractivity contribution < 1.29 is 9.59 Å². The van der Waals surface area contributed by atoms with Gasteiger partial charge in [0.25, 0.3) is 5.91 Å². The van der Waals surface area contributed by atoms with Crippen molar-refractivity contribution in [3.63, 3.8) is 0 Å². The van der Waals surface area contributed by atoms with Crippen molar-refractivity contribution >= 4 is 33.4 Å². The molecule has 2 amide bonds. The minimum absolute atomic E-state index is 0.0598. The fourth-order valence-corrected chi connectivity index (χ4v) is 2.39. The minimum atomic E-state index is -0.219. The number of rotatable bonds is 5. The van der Waals surface area contributed by atoms with Crippen LogP contribution in [0.5, 0.6) is 0 Å². The van der Waals surface area contributed by atoms with E-state index in [9.17, 15) is 9.59 Å². The van der Waals surface area contributed by atoms with E-state index in [0.717, 1.165) is 17.3 Å². The average Bonchev–Trinajstić information content (AvgIpc) is 3.18. The Labute approximate surface area is 136 Å². The third kappa shape index (κ3) is 3.94. The SMILES string of the molecule is O=C(Cn1cc(NC(=O)c2cccc(Br)c2)cn1)NC1CC1. The maximum atomic E-state index is 12.1. The summed E-state index contributed by atoms with van der Waals surface area (Å²) in [6.07, 6.45) is 5.28. The van der Waals surface area contributed by atoms with Gasteiger partial charge in [0, 0.05) is 22.3 Å². The van der Waals surface area contributed by atoms with Gasteiger partial charge in [-0.05, 0) is 31.0 Å². The largest absolute Gasteiger partial charge is 0.352 e. The summed E-state index contributed by atoms with van der Waals surface area (Å²) in [7, 11) is 0. The highest BCUT2D eigenvalue weighted by Gasteiger charge is 2.23. The number of halogens is 1. The first kappa shape index (κ1) is 14.8. The highest BCUT2D eigenvalue weighted by molar-refractivity contribution is 9.10. The van der Waals surface area contributed by atoms with Gasteiger partial charge < -0.3 is 10.6 Å². The van der Waals surface area contributed by atoms with Crippen LogP contribution >= 0.6 is 15.9 Å². The van der Waals surface area contributed by atoms with Crippen molar-refractivity contribution in [1.29, 1.82) is 0 Å². The second-order valence-corrected chi connectivity index (χ2v) is 6.15. The number of anilines is 1. The van der Waals surface area contributed by atoms with Crippen LogP contribution in [0.2, 0.25) is 0 Å². The third-order valence-corrected chi connectivity index (χ3v) is 3.72. The summed E-state index contributed by atoms with van der Waals surface area (Å²) in [4.78, 5) is 23.8. The number of hydrogen-bond donors (Lipinski definition) is 2. The molecule has 1 fully saturated rings. The zero-order valence-electron chi connectivity index (χ0n) is 11.8. The molecule has 2 N–H and O–H groups in total. The number of carbonyl (C=O) groups is 2. The summed E-state index contributed by atoms with van der Waals surface area (Å²) in [5.41, 5.74) is 1.11. The molecule has 1 aliphatic carbocycles. The Balaban J connectivity index is 1.58. The van der Waals surface area contributed by atoms with Gasteiger partial charge in [0.1, 0.15) is 6.54 Å². The summed E-state index contributed by atoms with van der Waals surface area (Å²) in [6.45, 7) is 0.156. The number of aromatic nitrogens is 2. The lowest BCUT2D eigenvalue weighted by Crippen LogP contribution is -2.29. The third-order valence-electron chi connectivity index (χ3n) is 3.23. The van der Waals surface area contributed by atoms with Gasteiger partial charge in [-0.2, -0.15) is 5.10 Å².